The van der Waals surface area contributed by atoms with Crippen LogP contribution in [0.1, 0.15) is 36.1 Å². The van der Waals surface area contributed by atoms with Gasteiger partial charge < -0.3 is 24.3 Å². The van der Waals surface area contributed by atoms with E-state index in [0.717, 1.165) is 35.7 Å². The van der Waals surface area contributed by atoms with Gasteiger partial charge in [0.05, 0.1) is 36.8 Å². The molecule has 3 aliphatic heterocycles. The number of carbonyl (C=O) groups excluding carboxylic acids is 1. The van der Waals surface area contributed by atoms with Crippen LogP contribution in [0.25, 0.3) is 0 Å². The number of alkyl halides is 3. The van der Waals surface area contributed by atoms with Gasteiger partial charge in [0.1, 0.15) is 5.82 Å². The molecule has 9 nitrogen and oxygen atoms in total. The van der Waals surface area contributed by atoms with Crippen molar-refractivity contribution >= 4 is 23.1 Å². The molecule has 0 saturated carbocycles. The topological polar surface area (TPSA) is 77.9 Å². The summed E-state index contributed by atoms with van der Waals surface area (Å²) >= 11 is 0. The van der Waals surface area contributed by atoms with Gasteiger partial charge in [0.15, 0.2) is 0 Å². The molecule has 3 aromatic rings. The average Bonchev–Trinajstić information content (AvgIpc) is 3.39. The number of halogens is 3. The molecule has 1 aromatic carbocycles. The van der Waals surface area contributed by atoms with E-state index in [0.29, 0.717) is 50.5 Å². The Labute approximate surface area is 242 Å². The van der Waals surface area contributed by atoms with E-state index >= 15 is 0 Å². The first-order chi connectivity index (χ1) is 20.2. The predicted octanol–water partition coefficient (Wildman–Crippen LogP) is 3.95. The number of hydrogen-bond donors (Lipinski definition) is 0. The van der Waals surface area contributed by atoms with E-state index in [9.17, 15) is 18.0 Å². The highest BCUT2D eigenvalue weighted by Gasteiger charge is 2.38. The lowest BCUT2D eigenvalue weighted by molar-refractivity contribution is -0.138. The number of piperazine rings is 1. The minimum Gasteiger partial charge on any atom is -0.464 e. The number of fused-ring (bicyclic) bond motifs is 2. The molecule has 0 unspecified atom stereocenters. The zero-order valence-electron chi connectivity index (χ0n) is 23.8. The molecule has 0 spiro atoms. The molecule has 0 bridgehead atoms. The molecule has 0 aliphatic carbocycles. The van der Waals surface area contributed by atoms with Crippen LogP contribution in [0.2, 0.25) is 0 Å². The highest BCUT2D eigenvalue weighted by atomic mass is 19.4. The number of rotatable bonds is 6. The molecule has 1 saturated heterocycles. The molecule has 1 amide bonds. The Morgan fingerprint density at radius 1 is 1.00 bits per heavy atom. The van der Waals surface area contributed by atoms with Crippen LogP contribution in [0, 0.1) is 0 Å². The maximum atomic E-state index is 14.0. The van der Waals surface area contributed by atoms with Crippen LogP contribution in [0.5, 0.6) is 6.01 Å². The first-order valence-corrected chi connectivity index (χ1v) is 14.4. The van der Waals surface area contributed by atoms with Gasteiger partial charge in [0.25, 0.3) is 0 Å². The SMILES string of the molecule is CCOc1ncc(N2CCc3c(C(F)(F)F)ccc(N4CCN(C(=O)CN5CCc6cccnc65)[C@@H](C)C4)c3C2)cn1. The molecule has 222 valence electrons. The monoisotopic (exact) mass is 581 g/mol. The van der Waals surface area contributed by atoms with Gasteiger partial charge in [0, 0.05) is 57.2 Å². The first kappa shape index (κ1) is 28.0. The van der Waals surface area contributed by atoms with Gasteiger partial charge in [0.2, 0.25) is 5.91 Å². The fourth-order valence-corrected chi connectivity index (χ4v) is 6.34. The van der Waals surface area contributed by atoms with Gasteiger partial charge in [-0.05, 0) is 61.6 Å². The van der Waals surface area contributed by atoms with Crippen LogP contribution in [0.15, 0.2) is 42.9 Å². The Morgan fingerprint density at radius 3 is 2.55 bits per heavy atom. The van der Waals surface area contributed by atoms with E-state index < -0.39 is 11.7 Å². The second kappa shape index (κ2) is 11.3. The summed E-state index contributed by atoms with van der Waals surface area (Å²) in [7, 11) is 0. The summed E-state index contributed by atoms with van der Waals surface area (Å²) in [6.07, 6.45) is 1.74. The third-order valence-electron chi connectivity index (χ3n) is 8.38. The van der Waals surface area contributed by atoms with E-state index in [-0.39, 0.29) is 30.9 Å². The lowest BCUT2D eigenvalue weighted by Gasteiger charge is -2.43. The molecule has 6 rings (SSSR count). The summed E-state index contributed by atoms with van der Waals surface area (Å²) in [6.45, 7) is 7.61. The van der Waals surface area contributed by atoms with E-state index in [4.69, 9.17) is 4.74 Å². The van der Waals surface area contributed by atoms with E-state index in [2.05, 4.69) is 19.9 Å². The fourth-order valence-electron chi connectivity index (χ4n) is 6.34. The smallest absolute Gasteiger partial charge is 0.416 e. The predicted molar refractivity (Wildman–Crippen MR) is 153 cm³/mol. The van der Waals surface area contributed by atoms with Crippen LogP contribution in [-0.2, 0) is 30.4 Å². The standard InChI is InChI=1S/C30H34F3N7O2/c1-3-42-29-35-15-22(16-36-29)37-12-9-23-24(18-37)26(7-6-25(23)30(31,32)33)38-13-14-40(20(2)17-38)27(41)19-39-11-8-21-5-4-10-34-28(21)39/h4-7,10,15-16,20H,3,8-9,11-14,17-19H2,1-2H3/t20-/m0/s1. The van der Waals surface area contributed by atoms with Crippen LogP contribution in [0.3, 0.4) is 0 Å². The molecule has 0 N–H and O–H groups in total. The minimum absolute atomic E-state index is 0.0387. The molecule has 12 heteroatoms. The maximum absolute atomic E-state index is 14.0. The summed E-state index contributed by atoms with van der Waals surface area (Å²) in [4.78, 5) is 34.4. The highest BCUT2D eigenvalue weighted by molar-refractivity contribution is 5.82. The summed E-state index contributed by atoms with van der Waals surface area (Å²) < 4.78 is 47.4. The van der Waals surface area contributed by atoms with Gasteiger partial charge in [-0.25, -0.2) is 15.0 Å². The minimum atomic E-state index is -4.44. The molecule has 1 fully saturated rings. The van der Waals surface area contributed by atoms with Gasteiger partial charge in [-0.15, -0.1) is 0 Å². The second-order valence-corrected chi connectivity index (χ2v) is 11.0. The van der Waals surface area contributed by atoms with Gasteiger partial charge in [-0.2, -0.15) is 13.2 Å². The van der Waals surface area contributed by atoms with Gasteiger partial charge in [-0.1, -0.05) is 6.07 Å². The molecular formula is C30H34F3N7O2. The summed E-state index contributed by atoms with van der Waals surface area (Å²) in [5.74, 6) is 0.910. The quantitative estimate of drug-likeness (QED) is 0.433. The van der Waals surface area contributed by atoms with Crippen molar-refractivity contribution in [3.63, 3.8) is 0 Å². The highest BCUT2D eigenvalue weighted by Crippen LogP contribution is 2.41. The van der Waals surface area contributed by atoms with Gasteiger partial charge >= 0.3 is 12.2 Å². The molecule has 3 aliphatic rings. The molecule has 0 radical (unpaired) electrons. The van der Waals surface area contributed by atoms with E-state index in [1.165, 1.54) is 6.07 Å². The van der Waals surface area contributed by atoms with Crippen LogP contribution >= 0.6 is 0 Å². The zero-order valence-corrected chi connectivity index (χ0v) is 23.8. The summed E-state index contributed by atoms with van der Waals surface area (Å²) in [5.41, 5.74) is 3.10. The Bertz CT molecular complexity index is 1450. The Balaban J connectivity index is 1.20. The largest absolute Gasteiger partial charge is 0.464 e. The number of hydrogen-bond acceptors (Lipinski definition) is 8. The number of benzene rings is 1. The zero-order chi connectivity index (χ0) is 29.4. The van der Waals surface area contributed by atoms with Crippen LogP contribution in [-0.4, -0.2) is 77.7 Å². The van der Waals surface area contributed by atoms with Crippen molar-refractivity contribution < 1.29 is 22.7 Å². The lowest BCUT2D eigenvalue weighted by atomic mass is 9.91. The number of amides is 1. The summed E-state index contributed by atoms with van der Waals surface area (Å²) in [5, 5.41) is 0. The van der Waals surface area contributed by atoms with Crippen molar-refractivity contribution in [1.29, 1.82) is 0 Å². The van der Waals surface area contributed by atoms with Crippen molar-refractivity contribution in [2.24, 2.45) is 0 Å². The number of pyridine rings is 1. The van der Waals surface area contributed by atoms with Crippen molar-refractivity contribution in [3.8, 4) is 6.01 Å². The van der Waals surface area contributed by atoms with Crippen molar-refractivity contribution in [2.75, 3.05) is 60.6 Å². The number of nitrogens with zero attached hydrogens (tertiary/aromatic N) is 7. The van der Waals surface area contributed by atoms with Crippen molar-refractivity contribution in [2.45, 2.75) is 45.5 Å². The molecular weight excluding hydrogens is 547 g/mol. The third-order valence-corrected chi connectivity index (χ3v) is 8.38. The Morgan fingerprint density at radius 2 is 1.81 bits per heavy atom. The molecule has 1 atom stereocenters. The first-order valence-electron chi connectivity index (χ1n) is 14.4. The number of aromatic nitrogens is 3. The number of carbonyl (C=O) groups is 1. The summed E-state index contributed by atoms with van der Waals surface area (Å²) in [6, 6.07) is 6.93. The molecule has 5 heterocycles. The Kier molecular flexibility index (Phi) is 7.54. The normalized spacial score (nSPS) is 18.6. The molecule has 42 heavy (non-hydrogen) atoms. The number of anilines is 3. The molecule has 2 aromatic heterocycles. The third kappa shape index (κ3) is 5.41. The van der Waals surface area contributed by atoms with Crippen molar-refractivity contribution in [3.05, 3.63) is 65.1 Å². The van der Waals surface area contributed by atoms with E-state index in [1.807, 2.05) is 40.7 Å². The van der Waals surface area contributed by atoms with Crippen LogP contribution in [0.4, 0.5) is 30.4 Å². The maximum Gasteiger partial charge on any atom is 0.416 e. The lowest BCUT2D eigenvalue weighted by Crippen LogP contribution is -2.56. The Hall–Kier alpha value is -4.09. The second-order valence-electron chi connectivity index (χ2n) is 11.0. The number of ether oxygens (including phenoxy) is 1. The fraction of sp³-hybridized carbons (Fsp3) is 0.467. The van der Waals surface area contributed by atoms with Crippen LogP contribution < -0.4 is 19.4 Å². The van der Waals surface area contributed by atoms with E-state index in [1.54, 1.807) is 24.7 Å². The van der Waals surface area contributed by atoms with Crippen molar-refractivity contribution in [1.82, 2.24) is 19.9 Å². The average molecular weight is 582 g/mol. The van der Waals surface area contributed by atoms with Gasteiger partial charge in [-0.3, -0.25) is 4.79 Å².